The van der Waals surface area contributed by atoms with Crippen molar-refractivity contribution in [2.24, 2.45) is 0 Å². The Kier molecular flexibility index (Phi) is 5.35. The predicted molar refractivity (Wildman–Crippen MR) is 73.0 cm³/mol. The van der Waals surface area contributed by atoms with Crippen LogP contribution in [0.4, 0.5) is 0 Å². The maximum atomic E-state index is 3.16. The van der Waals surface area contributed by atoms with Gasteiger partial charge in [0.1, 0.15) is 0 Å². The molecule has 2 aliphatic rings. The molecular formula is C15H26N2. The van der Waals surface area contributed by atoms with Gasteiger partial charge in [-0.15, -0.1) is 11.8 Å². The molecular weight excluding hydrogens is 208 g/mol. The molecule has 2 fully saturated rings. The lowest BCUT2D eigenvalue weighted by Gasteiger charge is -2.40. The lowest BCUT2D eigenvalue weighted by molar-refractivity contribution is 0.0802. The summed E-state index contributed by atoms with van der Waals surface area (Å²) in [6.07, 6.45) is 8.31. The maximum absolute atomic E-state index is 3.16. The van der Waals surface area contributed by atoms with E-state index < -0.39 is 0 Å². The van der Waals surface area contributed by atoms with Gasteiger partial charge in [-0.25, -0.2) is 0 Å². The van der Waals surface area contributed by atoms with Crippen LogP contribution in [0.3, 0.4) is 0 Å². The van der Waals surface area contributed by atoms with E-state index >= 15 is 0 Å². The molecule has 2 rings (SSSR count). The van der Waals surface area contributed by atoms with Crippen molar-refractivity contribution in [2.45, 2.75) is 51.5 Å². The van der Waals surface area contributed by atoms with Crippen molar-refractivity contribution in [3.63, 3.8) is 0 Å². The molecule has 2 heteroatoms. The second kappa shape index (κ2) is 7.03. The van der Waals surface area contributed by atoms with Gasteiger partial charge in [0.15, 0.2) is 0 Å². The molecule has 0 spiro atoms. The molecule has 1 saturated carbocycles. The molecule has 17 heavy (non-hydrogen) atoms. The fourth-order valence-electron chi connectivity index (χ4n) is 3.14. The minimum Gasteiger partial charge on any atom is -0.300 e. The number of piperazine rings is 1. The van der Waals surface area contributed by atoms with E-state index in [0.717, 1.165) is 12.5 Å². The quantitative estimate of drug-likeness (QED) is 0.692. The van der Waals surface area contributed by atoms with E-state index in [1.165, 1.54) is 64.8 Å². The molecule has 1 saturated heterocycles. The van der Waals surface area contributed by atoms with Gasteiger partial charge in [0.2, 0.25) is 0 Å². The third-order valence-electron chi connectivity index (χ3n) is 4.23. The minimum absolute atomic E-state index is 0.904. The lowest BCUT2D eigenvalue weighted by atomic mass is 9.94. The molecule has 0 bridgehead atoms. The number of hydrogen-bond donors (Lipinski definition) is 0. The summed E-state index contributed by atoms with van der Waals surface area (Å²) in [5.41, 5.74) is 0. The van der Waals surface area contributed by atoms with Gasteiger partial charge < -0.3 is 0 Å². The normalized spacial score (nSPS) is 24.3. The highest BCUT2D eigenvalue weighted by Gasteiger charge is 2.24. The van der Waals surface area contributed by atoms with Crippen molar-refractivity contribution in [1.82, 2.24) is 9.80 Å². The van der Waals surface area contributed by atoms with Gasteiger partial charge in [-0.3, -0.25) is 9.80 Å². The van der Waals surface area contributed by atoms with Crippen molar-refractivity contribution in [3.05, 3.63) is 0 Å². The van der Waals surface area contributed by atoms with E-state index in [-0.39, 0.29) is 0 Å². The van der Waals surface area contributed by atoms with Crippen molar-refractivity contribution in [2.75, 3.05) is 32.7 Å². The average Bonchev–Trinajstić information content (AvgIpc) is 2.41. The standard InChI is InChI=1S/C15H26N2/c1-2-3-7-10-16-11-13-17(14-12-16)15-8-5-4-6-9-15/h15H,4-14H2,1H3. The van der Waals surface area contributed by atoms with Crippen LogP contribution in [-0.2, 0) is 0 Å². The summed E-state index contributed by atoms with van der Waals surface area (Å²) in [5, 5.41) is 0. The summed E-state index contributed by atoms with van der Waals surface area (Å²) in [6, 6.07) is 0.904. The third kappa shape index (κ3) is 4.01. The third-order valence-corrected chi connectivity index (χ3v) is 4.23. The summed E-state index contributed by atoms with van der Waals surface area (Å²) in [4.78, 5) is 5.31. The summed E-state index contributed by atoms with van der Waals surface area (Å²) < 4.78 is 0. The first kappa shape index (κ1) is 12.9. The Morgan fingerprint density at radius 2 is 1.71 bits per heavy atom. The van der Waals surface area contributed by atoms with Gasteiger partial charge in [-0.1, -0.05) is 19.3 Å². The first-order chi connectivity index (χ1) is 8.40. The zero-order valence-electron chi connectivity index (χ0n) is 11.2. The summed E-state index contributed by atoms with van der Waals surface area (Å²) in [7, 11) is 0. The van der Waals surface area contributed by atoms with Crippen LogP contribution in [0.25, 0.3) is 0 Å². The molecule has 96 valence electrons. The monoisotopic (exact) mass is 234 g/mol. The molecule has 1 aliphatic heterocycles. The predicted octanol–water partition coefficient (Wildman–Crippen LogP) is 2.35. The zero-order valence-corrected chi connectivity index (χ0v) is 11.2. The first-order valence-corrected chi connectivity index (χ1v) is 7.26. The summed E-state index contributed by atoms with van der Waals surface area (Å²) in [6.45, 7) is 8.17. The summed E-state index contributed by atoms with van der Waals surface area (Å²) >= 11 is 0. The Balaban J connectivity index is 1.67. The smallest absolute Gasteiger partial charge is 0.0216 e. The van der Waals surface area contributed by atoms with Crippen LogP contribution in [0, 0.1) is 11.8 Å². The SMILES string of the molecule is CC#CCCN1CCN(C2CCCCC2)CC1. The van der Waals surface area contributed by atoms with E-state index in [4.69, 9.17) is 0 Å². The van der Waals surface area contributed by atoms with Crippen molar-refractivity contribution in [1.29, 1.82) is 0 Å². The molecule has 0 amide bonds. The van der Waals surface area contributed by atoms with E-state index in [0.29, 0.717) is 0 Å². The van der Waals surface area contributed by atoms with Gasteiger partial charge in [0.25, 0.3) is 0 Å². The largest absolute Gasteiger partial charge is 0.300 e. The lowest BCUT2D eigenvalue weighted by Crippen LogP contribution is -2.50. The van der Waals surface area contributed by atoms with Gasteiger partial charge in [-0.05, 0) is 19.8 Å². The van der Waals surface area contributed by atoms with E-state index in [9.17, 15) is 0 Å². The molecule has 0 aromatic heterocycles. The highest BCUT2D eigenvalue weighted by Crippen LogP contribution is 2.23. The van der Waals surface area contributed by atoms with Gasteiger partial charge in [0.05, 0.1) is 0 Å². The fourth-order valence-corrected chi connectivity index (χ4v) is 3.14. The number of nitrogens with zero attached hydrogens (tertiary/aromatic N) is 2. The Hall–Kier alpha value is -0.520. The van der Waals surface area contributed by atoms with Gasteiger partial charge >= 0.3 is 0 Å². The Labute approximate surface area is 106 Å². The molecule has 0 radical (unpaired) electrons. The van der Waals surface area contributed by atoms with E-state index in [1.807, 2.05) is 6.92 Å². The zero-order chi connectivity index (χ0) is 11.9. The van der Waals surface area contributed by atoms with Crippen molar-refractivity contribution in [3.8, 4) is 11.8 Å². The summed E-state index contributed by atoms with van der Waals surface area (Å²) in [5.74, 6) is 6.15. The van der Waals surface area contributed by atoms with Crippen LogP contribution >= 0.6 is 0 Å². The maximum Gasteiger partial charge on any atom is 0.0216 e. The highest BCUT2D eigenvalue weighted by molar-refractivity contribution is 4.95. The topological polar surface area (TPSA) is 6.48 Å². The van der Waals surface area contributed by atoms with Gasteiger partial charge in [0, 0.05) is 45.2 Å². The molecule has 0 aromatic carbocycles. The Morgan fingerprint density at radius 1 is 1.00 bits per heavy atom. The number of rotatable bonds is 3. The molecule has 0 unspecified atom stereocenters. The average molecular weight is 234 g/mol. The van der Waals surface area contributed by atoms with Crippen LogP contribution < -0.4 is 0 Å². The Morgan fingerprint density at radius 3 is 2.35 bits per heavy atom. The second-order valence-corrected chi connectivity index (χ2v) is 5.35. The molecule has 0 N–H and O–H groups in total. The molecule has 1 heterocycles. The molecule has 2 nitrogen and oxygen atoms in total. The van der Waals surface area contributed by atoms with E-state index in [1.54, 1.807) is 0 Å². The van der Waals surface area contributed by atoms with E-state index in [2.05, 4.69) is 21.6 Å². The van der Waals surface area contributed by atoms with Crippen molar-refractivity contribution < 1.29 is 0 Å². The molecule has 0 aromatic rings. The Bertz CT molecular complexity index is 262. The highest BCUT2D eigenvalue weighted by atomic mass is 15.3. The first-order valence-electron chi connectivity index (χ1n) is 7.26. The van der Waals surface area contributed by atoms with Crippen molar-refractivity contribution >= 4 is 0 Å². The van der Waals surface area contributed by atoms with Crippen LogP contribution in [0.2, 0.25) is 0 Å². The second-order valence-electron chi connectivity index (χ2n) is 5.35. The van der Waals surface area contributed by atoms with Crippen LogP contribution in [0.5, 0.6) is 0 Å². The molecule has 1 aliphatic carbocycles. The van der Waals surface area contributed by atoms with Crippen LogP contribution in [0.1, 0.15) is 45.4 Å². The fraction of sp³-hybridized carbons (Fsp3) is 0.867. The minimum atomic E-state index is 0.904. The van der Waals surface area contributed by atoms with Gasteiger partial charge in [-0.2, -0.15) is 0 Å². The number of hydrogen-bond acceptors (Lipinski definition) is 2. The van der Waals surface area contributed by atoms with Crippen LogP contribution in [0.15, 0.2) is 0 Å². The molecule has 0 atom stereocenters. The van der Waals surface area contributed by atoms with Crippen LogP contribution in [-0.4, -0.2) is 48.6 Å².